The van der Waals surface area contributed by atoms with Crippen LogP contribution in [-0.2, 0) is 0 Å². The molecular weight excluding hydrogens is 300 g/mol. The van der Waals surface area contributed by atoms with Crippen LogP contribution in [0.2, 0.25) is 0 Å². The van der Waals surface area contributed by atoms with Crippen LogP contribution in [0.15, 0.2) is 30.3 Å². The van der Waals surface area contributed by atoms with Gasteiger partial charge < -0.3 is 10.6 Å². The van der Waals surface area contributed by atoms with Crippen LogP contribution in [0.5, 0.6) is 0 Å². The Labute approximate surface area is 142 Å². The van der Waals surface area contributed by atoms with Gasteiger partial charge in [-0.05, 0) is 62.1 Å². The number of anilines is 2. The molecule has 1 saturated carbocycles. The van der Waals surface area contributed by atoms with Gasteiger partial charge in [0, 0.05) is 11.6 Å². The van der Waals surface area contributed by atoms with Crippen molar-refractivity contribution in [3.8, 4) is 0 Å². The van der Waals surface area contributed by atoms with Crippen LogP contribution in [0.1, 0.15) is 53.6 Å². The molecule has 0 atom stereocenters. The predicted octanol–water partition coefficient (Wildman–Crippen LogP) is 4.09. The number of carbonyl (C=O) groups is 1. The van der Waals surface area contributed by atoms with E-state index >= 15 is 0 Å². The highest BCUT2D eigenvalue weighted by Crippen LogP contribution is 2.21. The first-order chi connectivity index (χ1) is 11.6. The first kappa shape index (κ1) is 16.4. The van der Waals surface area contributed by atoms with Gasteiger partial charge in [0.1, 0.15) is 5.82 Å². The second-order valence-corrected chi connectivity index (χ2v) is 6.54. The summed E-state index contributed by atoms with van der Waals surface area (Å²) in [6, 6.07) is 9.81. The molecule has 126 valence electrons. The first-order valence-electron chi connectivity index (χ1n) is 8.61. The monoisotopic (exact) mass is 324 g/mol. The van der Waals surface area contributed by atoms with Crippen LogP contribution in [0.3, 0.4) is 0 Å². The van der Waals surface area contributed by atoms with Crippen LogP contribution in [0, 0.1) is 13.8 Å². The van der Waals surface area contributed by atoms with Gasteiger partial charge in [0.2, 0.25) is 0 Å². The molecule has 5 nitrogen and oxygen atoms in total. The summed E-state index contributed by atoms with van der Waals surface area (Å²) < 4.78 is 0. The van der Waals surface area contributed by atoms with Crippen LogP contribution in [0.4, 0.5) is 11.6 Å². The van der Waals surface area contributed by atoms with Crippen molar-refractivity contribution in [3.05, 3.63) is 47.0 Å². The fourth-order valence-electron chi connectivity index (χ4n) is 3.00. The number of amides is 1. The number of hydrogen-bond acceptors (Lipinski definition) is 4. The van der Waals surface area contributed by atoms with Gasteiger partial charge in [-0.15, -0.1) is 10.2 Å². The van der Waals surface area contributed by atoms with E-state index in [0.717, 1.165) is 11.4 Å². The normalized spacial score (nSPS) is 15.1. The van der Waals surface area contributed by atoms with Gasteiger partial charge in [-0.1, -0.05) is 25.3 Å². The van der Waals surface area contributed by atoms with Crippen LogP contribution in [-0.4, -0.2) is 22.1 Å². The molecule has 0 radical (unpaired) electrons. The van der Waals surface area contributed by atoms with E-state index in [2.05, 4.69) is 20.8 Å². The maximum absolute atomic E-state index is 12.3. The molecule has 1 aromatic heterocycles. The van der Waals surface area contributed by atoms with E-state index in [4.69, 9.17) is 0 Å². The minimum absolute atomic E-state index is 0.166. The fraction of sp³-hybridized carbons (Fsp3) is 0.421. The molecule has 1 amide bonds. The summed E-state index contributed by atoms with van der Waals surface area (Å²) >= 11 is 0. The lowest BCUT2D eigenvalue weighted by atomic mass is 9.95. The number of hydrogen-bond donors (Lipinski definition) is 2. The Kier molecular flexibility index (Phi) is 5.08. The number of nitrogens with zero attached hydrogens (tertiary/aromatic N) is 2. The third-order valence-corrected chi connectivity index (χ3v) is 4.63. The van der Waals surface area contributed by atoms with Crippen molar-refractivity contribution in [1.82, 2.24) is 10.2 Å². The standard InChI is InChI=1S/C19H24N4O/c1-13-8-9-15(12-14(13)2)19(24)21-18-11-10-17(22-23-18)20-16-6-4-3-5-7-16/h8-12,16H,3-7H2,1-2H3,(H,20,22)(H,21,23,24). The molecule has 0 aliphatic heterocycles. The molecule has 0 spiro atoms. The highest BCUT2D eigenvalue weighted by Gasteiger charge is 2.14. The Morgan fingerprint density at radius 3 is 2.33 bits per heavy atom. The minimum atomic E-state index is -0.166. The van der Waals surface area contributed by atoms with Gasteiger partial charge in [0.15, 0.2) is 5.82 Å². The van der Waals surface area contributed by atoms with Gasteiger partial charge in [0.05, 0.1) is 0 Å². The van der Waals surface area contributed by atoms with Crippen molar-refractivity contribution in [1.29, 1.82) is 0 Å². The molecule has 5 heteroatoms. The smallest absolute Gasteiger partial charge is 0.256 e. The van der Waals surface area contributed by atoms with Gasteiger partial charge in [0.25, 0.3) is 5.91 Å². The summed E-state index contributed by atoms with van der Waals surface area (Å²) in [6.45, 7) is 4.03. The molecule has 0 unspecified atom stereocenters. The zero-order chi connectivity index (χ0) is 16.9. The van der Waals surface area contributed by atoms with E-state index in [1.165, 1.54) is 37.7 Å². The molecular formula is C19H24N4O. The molecule has 0 saturated heterocycles. The lowest BCUT2D eigenvalue weighted by Crippen LogP contribution is -2.23. The van der Waals surface area contributed by atoms with Gasteiger partial charge in [-0.2, -0.15) is 0 Å². The Bertz CT molecular complexity index is 706. The Hall–Kier alpha value is -2.43. The van der Waals surface area contributed by atoms with Gasteiger partial charge in [-0.3, -0.25) is 4.79 Å². The molecule has 24 heavy (non-hydrogen) atoms. The zero-order valence-electron chi connectivity index (χ0n) is 14.3. The van der Waals surface area contributed by atoms with Crippen molar-refractivity contribution in [2.45, 2.75) is 52.0 Å². The molecule has 1 fully saturated rings. The molecule has 1 heterocycles. The van der Waals surface area contributed by atoms with Crippen LogP contribution < -0.4 is 10.6 Å². The summed E-state index contributed by atoms with van der Waals surface area (Å²) in [5.74, 6) is 1.07. The summed E-state index contributed by atoms with van der Waals surface area (Å²) in [5.41, 5.74) is 2.90. The second kappa shape index (κ2) is 7.43. The number of benzene rings is 1. The highest BCUT2D eigenvalue weighted by atomic mass is 16.1. The Balaban J connectivity index is 1.60. The number of aromatic nitrogens is 2. The first-order valence-corrected chi connectivity index (χ1v) is 8.61. The summed E-state index contributed by atoms with van der Waals surface area (Å²) in [7, 11) is 0. The molecule has 1 aliphatic carbocycles. The average Bonchev–Trinajstić information content (AvgIpc) is 2.60. The topological polar surface area (TPSA) is 66.9 Å². The van der Waals surface area contributed by atoms with E-state index < -0.39 is 0 Å². The molecule has 1 aliphatic rings. The number of rotatable bonds is 4. The van der Waals surface area contributed by atoms with E-state index in [-0.39, 0.29) is 5.91 Å². The lowest BCUT2D eigenvalue weighted by molar-refractivity contribution is 0.102. The number of aryl methyl sites for hydroxylation is 2. The van der Waals surface area contributed by atoms with E-state index in [1.54, 1.807) is 6.07 Å². The summed E-state index contributed by atoms with van der Waals surface area (Å²) in [6.07, 6.45) is 6.25. The second-order valence-electron chi connectivity index (χ2n) is 6.54. The highest BCUT2D eigenvalue weighted by molar-refractivity contribution is 6.03. The summed E-state index contributed by atoms with van der Waals surface area (Å²) in [5, 5.41) is 14.5. The van der Waals surface area contributed by atoms with Crippen molar-refractivity contribution in [2.75, 3.05) is 10.6 Å². The minimum Gasteiger partial charge on any atom is -0.366 e. The number of nitrogens with one attached hydrogen (secondary N) is 2. The van der Waals surface area contributed by atoms with Crippen molar-refractivity contribution in [2.24, 2.45) is 0 Å². The fourth-order valence-corrected chi connectivity index (χ4v) is 3.00. The van der Waals surface area contributed by atoms with Crippen molar-refractivity contribution in [3.63, 3.8) is 0 Å². The van der Waals surface area contributed by atoms with E-state index in [1.807, 2.05) is 38.1 Å². The SMILES string of the molecule is Cc1ccc(C(=O)Nc2ccc(NC3CCCCC3)nn2)cc1C. The maximum Gasteiger partial charge on any atom is 0.256 e. The third kappa shape index (κ3) is 4.10. The number of carbonyl (C=O) groups excluding carboxylic acids is 1. The molecule has 0 bridgehead atoms. The largest absolute Gasteiger partial charge is 0.366 e. The lowest BCUT2D eigenvalue weighted by Gasteiger charge is -2.22. The molecule has 2 aromatic rings. The predicted molar refractivity (Wildman–Crippen MR) is 96.4 cm³/mol. The third-order valence-electron chi connectivity index (χ3n) is 4.63. The molecule has 1 aromatic carbocycles. The van der Waals surface area contributed by atoms with Crippen LogP contribution in [0.25, 0.3) is 0 Å². The average molecular weight is 324 g/mol. The zero-order valence-corrected chi connectivity index (χ0v) is 14.3. The Morgan fingerprint density at radius 2 is 1.67 bits per heavy atom. The Morgan fingerprint density at radius 1 is 0.958 bits per heavy atom. The van der Waals surface area contributed by atoms with Gasteiger partial charge in [-0.25, -0.2) is 0 Å². The maximum atomic E-state index is 12.3. The van der Waals surface area contributed by atoms with Crippen LogP contribution >= 0.6 is 0 Å². The quantitative estimate of drug-likeness (QED) is 0.889. The van der Waals surface area contributed by atoms with Gasteiger partial charge >= 0.3 is 0 Å². The molecule has 3 rings (SSSR count). The van der Waals surface area contributed by atoms with Crippen molar-refractivity contribution >= 4 is 17.5 Å². The summed E-state index contributed by atoms with van der Waals surface area (Å²) in [4.78, 5) is 12.3. The van der Waals surface area contributed by atoms with E-state index in [0.29, 0.717) is 17.4 Å². The molecule has 2 N–H and O–H groups in total. The van der Waals surface area contributed by atoms with E-state index in [9.17, 15) is 4.79 Å². The van der Waals surface area contributed by atoms with Crippen molar-refractivity contribution < 1.29 is 4.79 Å².